The molecule has 0 bridgehead atoms. The molecule has 0 saturated carbocycles. The normalized spacial score (nSPS) is 11.5. The van der Waals surface area contributed by atoms with Crippen LogP contribution in [0.2, 0.25) is 0 Å². The zero-order chi connectivity index (χ0) is 20.1. The number of fused-ring (bicyclic) bond motifs is 5. The summed E-state index contributed by atoms with van der Waals surface area (Å²) in [5, 5.41) is 3.25. The van der Waals surface area contributed by atoms with E-state index in [0.717, 1.165) is 38.4 Å². The van der Waals surface area contributed by atoms with E-state index in [1.165, 1.54) is 0 Å². The van der Waals surface area contributed by atoms with Gasteiger partial charge in [-0.3, -0.25) is 9.36 Å². The predicted molar refractivity (Wildman–Crippen MR) is 122 cm³/mol. The molecule has 0 aliphatic carbocycles. The molecule has 0 fully saturated rings. The minimum atomic E-state index is -0.0123. The van der Waals surface area contributed by atoms with Crippen molar-refractivity contribution in [2.45, 2.75) is 0 Å². The van der Waals surface area contributed by atoms with Crippen molar-refractivity contribution in [2.75, 3.05) is 0 Å². The second kappa shape index (κ2) is 6.46. The fourth-order valence-electron chi connectivity index (χ4n) is 4.41. The van der Waals surface area contributed by atoms with E-state index in [1.54, 1.807) is 0 Å². The van der Waals surface area contributed by atoms with Crippen LogP contribution in [-0.4, -0.2) is 15.0 Å². The first-order valence-electron chi connectivity index (χ1n) is 10.0. The summed E-state index contributed by atoms with van der Waals surface area (Å²) >= 11 is 0. The highest BCUT2D eigenvalue weighted by atomic mass is 16.2. The average Bonchev–Trinajstić information content (AvgIpc) is 3.39. The summed E-state index contributed by atoms with van der Waals surface area (Å²) in [7, 11) is 0. The number of carbonyl (C=O) groups excluding carboxylic acids is 1. The number of hydrogen-bond acceptors (Lipinski definition) is 1. The molecule has 0 atom stereocenters. The third kappa shape index (κ3) is 2.36. The number of benzene rings is 4. The maximum absolute atomic E-state index is 13.6. The van der Waals surface area contributed by atoms with Crippen molar-refractivity contribution in [2.24, 2.45) is 0 Å². The van der Waals surface area contributed by atoms with Crippen molar-refractivity contribution in [3.8, 4) is 5.69 Å². The highest BCUT2D eigenvalue weighted by Crippen LogP contribution is 2.36. The van der Waals surface area contributed by atoms with E-state index in [2.05, 4.69) is 47.2 Å². The summed E-state index contributed by atoms with van der Waals surface area (Å²) in [6.07, 6.45) is 2.08. The van der Waals surface area contributed by atoms with E-state index in [4.69, 9.17) is 0 Å². The van der Waals surface area contributed by atoms with Gasteiger partial charge < -0.3 is 4.57 Å². The summed E-state index contributed by atoms with van der Waals surface area (Å²) in [6, 6.07) is 34.3. The maximum atomic E-state index is 13.6. The first-order chi connectivity index (χ1) is 14.8. The molecule has 0 N–H and O–H groups in total. The molecule has 0 radical (unpaired) electrons. The fraction of sp³-hybridized carbons (Fsp3) is 0. The Hall–Kier alpha value is -4.11. The van der Waals surface area contributed by atoms with Gasteiger partial charge in [0.15, 0.2) is 0 Å². The van der Waals surface area contributed by atoms with Crippen LogP contribution in [0.4, 0.5) is 0 Å². The van der Waals surface area contributed by atoms with Crippen molar-refractivity contribution in [1.29, 1.82) is 0 Å². The molecule has 142 valence electrons. The number of carbonyl (C=O) groups is 1. The summed E-state index contributed by atoms with van der Waals surface area (Å²) < 4.78 is 4.04. The highest BCUT2D eigenvalue weighted by Gasteiger charge is 2.20. The van der Waals surface area contributed by atoms with Crippen molar-refractivity contribution >= 4 is 38.6 Å². The first-order valence-corrected chi connectivity index (χ1v) is 10.0. The van der Waals surface area contributed by atoms with Crippen molar-refractivity contribution in [1.82, 2.24) is 9.13 Å². The number of hydrogen-bond donors (Lipinski definition) is 0. The summed E-state index contributed by atoms with van der Waals surface area (Å²) in [6.45, 7) is 0. The highest BCUT2D eigenvalue weighted by molar-refractivity contribution is 6.22. The molecular weight excluding hydrogens is 368 g/mol. The molecule has 3 nitrogen and oxygen atoms in total. The van der Waals surface area contributed by atoms with E-state index in [1.807, 2.05) is 71.3 Å². The smallest absolute Gasteiger partial charge is 0.262 e. The topological polar surface area (TPSA) is 26.9 Å². The summed E-state index contributed by atoms with van der Waals surface area (Å²) in [5.74, 6) is -0.0123. The molecule has 0 spiro atoms. The van der Waals surface area contributed by atoms with Crippen LogP contribution in [0.15, 0.2) is 109 Å². The molecule has 3 heteroatoms. The lowest BCUT2D eigenvalue weighted by Gasteiger charge is -2.08. The van der Waals surface area contributed by atoms with Crippen molar-refractivity contribution in [3.05, 3.63) is 115 Å². The SMILES string of the molecule is O=C(c1ccccc1)n1c2ccccc2c2ccc3c(ccn3-c3ccccc3)c21. The van der Waals surface area contributed by atoms with Gasteiger partial charge in [-0.25, -0.2) is 0 Å². The Morgan fingerprint density at radius 1 is 0.567 bits per heavy atom. The van der Waals surface area contributed by atoms with Crippen LogP contribution in [-0.2, 0) is 0 Å². The molecule has 0 amide bonds. The van der Waals surface area contributed by atoms with Gasteiger partial charge in [-0.2, -0.15) is 0 Å². The molecule has 0 unspecified atom stereocenters. The zero-order valence-electron chi connectivity index (χ0n) is 16.2. The Kier molecular flexibility index (Phi) is 3.62. The zero-order valence-corrected chi connectivity index (χ0v) is 16.2. The van der Waals surface area contributed by atoms with Crippen LogP contribution in [0.5, 0.6) is 0 Å². The van der Waals surface area contributed by atoms with Crippen LogP contribution in [0.25, 0.3) is 38.4 Å². The standard InChI is InChI=1S/C27H18N2O/c30-27(19-9-3-1-4-10-19)29-25-14-8-7-13-21(25)22-15-16-24-23(26(22)29)17-18-28(24)20-11-5-2-6-12-20/h1-18H. The lowest BCUT2D eigenvalue weighted by Crippen LogP contribution is -2.11. The third-order valence-electron chi connectivity index (χ3n) is 5.76. The summed E-state index contributed by atoms with van der Waals surface area (Å²) in [5.41, 5.74) is 4.75. The van der Waals surface area contributed by atoms with Gasteiger partial charge in [0.05, 0.1) is 16.6 Å². The lowest BCUT2D eigenvalue weighted by atomic mass is 10.1. The quantitative estimate of drug-likeness (QED) is 0.337. The number of nitrogens with zero attached hydrogens (tertiary/aromatic N) is 2. The van der Waals surface area contributed by atoms with E-state index < -0.39 is 0 Å². The number of aromatic nitrogens is 2. The molecule has 0 aliphatic heterocycles. The van der Waals surface area contributed by atoms with Crippen LogP contribution in [0.1, 0.15) is 10.4 Å². The van der Waals surface area contributed by atoms with Gasteiger partial charge in [0.2, 0.25) is 0 Å². The molecule has 0 aliphatic rings. The third-order valence-corrected chi connectivity index (χ3v) is 5.76. The Balaban J connectivity index is 1.73. The number of para-hydroxylation sites is 2. The molecule has 2 aromatic heterocycles. The number of rotatable bonds is 2. The second-order valence-electron chi connectivity index (χ2n) is 7.44. The maximum Gasteiger partial charge on any atom is 0.262 e. The molecule has 0 saturated heterocycles. The first kappa shape index (κ1) is 16.8. The monoisotopic (exact) mass is 386 g/mol. The molecular formula is C27H18N2O. The fourth-order valence-corrected chi connectivity index (χ4v) is 4.41. The van der Waals surface area contributed by atoms with Crippen LogP contribution in [0.3, 0.4) is 0 Å². The van der Waals surface area contributed by atoms with E-state index in [9.17, 15) is 4.79 Å². The summed E-state index contributed by atoms with van der Waals surface area (Å²) in [4.78, 5) is 13.6. The van der Waals surface area contributed by atoms with Gasteiger partial charge in [0.25, 0.3) is 5.91 Å². The Morgan fingerprint density at radius 3 is 2.07 bits per heavy atom. The van der Waals surface area contributed by atoms with Gasteiger partial charge >= 0.3 is 0 Å². The van der Waals surface area contributed by atoms with Gasteiger partial charge in [-0.15, -0.1) is 0 Å². The molecule has 2 heterocycles. The predicted octanol–water partition coefficient (Wildman–Crippen LogP) is 6.43. The second-order valence-corrected chi connectivity index (χ2v) is 7.44. The largest absolute Gasteiger partial charge is 0.316 e. The molecule has 30 heavy (non-hydrogen) atoms. The van der Waals surface area contributed by atoms with Crippen molar-refractivity contribution < 1.29 is 4.79 Å². The van der Waals surface area contributed by atoms with Gasteiger partial charge in [-0.05, 0) is 42.5 Å². The average molecular weight is 386 g/mol. The minimum absolute atomic E-state index is 0.0123. The van der Waals surface area contributed by atoms with Gasteiger partial charge in [-0.1, -0.05) is 60.7 Å². The van der Waals surface area contributed by atoms with Crippen LogP contribution < -0.4 is 0 Å². The van der Waals surface area contributed by atoms with E-state index >= 15 is 0 Å². The van der Waals surface area contributed by atoms with Gasteiger partial charge in [0.1, 0.15) is 0 Å². The Labute approximate surface area is 173 Å². The molecule has 6 rings (SSSR count). The lowest BCUT2D eigenvalue weighted by molar-refractivity contribution is 0.0969. The molecule has 6 aromatic rings. The molecule has 4 aromatic carbocycles. The Bertz CT molecular complexity index is 1540. The van der Waals surface area contributed by atoms with E-state index in [0.29, 0.717) is 5.56 Å². The minimum Gasteiger partial charge on any atom is -0.316 e. The van der Waals surface area contributed by atoms with Crippen LogP contribution >= 0.6 is 0 Å². The van der Waals surface area contributed by atoms with Gasteiger partial charge in [0, 0.05) is 33.6 Å². The van der Waals surface area contributed by atoms with Crippen LogP contribution in [0, 0.1) is 0 Å². The Morgan fingerprint density at radius 2 is 1.27 bits per heavy atom. The van der Waals surface area contributed by atoms with Crippen molar-refractivity contribution in [3.63, 3.8) is 0 Å². The van der Waals surface area contributed by atoms with E-state index in [-0.39, 0.29) is 5.91 Å².